The van der Waals surface area contributed by atoms with Gasteiger partial charge in [0.25, 0.3) is 0 Å². The summed E-state index contributed by atoms with van der Waals surface area (Å²) in [5.74, 6) is 0. The van der Waals surface area contributed by atoms with E-state index >= 15 is 0 Å². The summed E-state index contributed by atoms with van der Waals surface area (Å²) in [5, 5.41) is 0. The zero-order valence-corrected chi connectivity index (χ0v) is 9.77. The maximum Gasteiger partial charge on any atom is 0.0153 e. The van der Waals surface area contributed by atoms with Gasteiger partial charge in [0.2, 0.25) is 0 Å². The monoisotopic (exact) mass is 183 g/mol. The Hall–Kier alpha value is -0.0400. The fourth-order valence-corrected chi connectivity index (χ4v) is 1.94. The van der Waals surface area contributed by atoms with Gasteiger partial charge in [0.05, 0.1) is 0 Å². The van der Waals surface area contributed by atoms with Crippen LogP contribution in [0.4, 0.5) is 0 Å². The van der Waals surface area contributed by atoms with Gasteiger partial charge in [-0.3, -0.25) is 4.90 Å². The molecule has 1 rings (SSSR count). The average molecular weight is 183 g/mol. The van der Waals surface area contributed by atoms with Crippen molar-refractivity contribution in [3.8, 4) is 0 Å². The van der Waals surface area contributed by atoms with Crippen molar-refractivity contribution < 1.29 is 0 Å². The molecule has 0 N–H and O–H groups in total. The van der Waals surface area contributed by atoms with Crippen molar-refractivity contribution in [3.05, 3.63) is 0 Å². The number of unbranched alkanes of at least 4 members (excludes halogenated alkanes) is 2. The van der Waals surface area contributed by atoms with Gasteiger partial charge in [-0.15, -0.1) is 0 Å². The lowest BCUT2D eigenvalue weighted by atomic mass is 9.95. The van der Waals surface area contributed by atoms with E-state index < -0.39 is 0 Å². The fourth-order valence-electron chi connectivity index (χ4n) is 1.94. The molecule has 1 aliphatic carbocycles. The highest BCUT2D eigenvalue weighted by molar-refractivity contribution is 4.91. The maximum atomic E-state index is 2.59. The van der Waals surface area contributed by atoms with Crippen molar-refractivity contribution in [3.63, 3.8) is 0 Å². The van der Waals surface area contributed by atoms with Crippen LogP contribution in [0.15, 0.2) is 0 Å². The Morgan fingerprint density at radius 2 is 1.85 bits per heavy atom. The summed E-state index contributed by atoms with van der Waals surface area (Å²) in [4.78, 5) is 2.59. The summed E-state index contributed by atoms with van der Waals surface area (Å²) in [6.07, 6.45) is 8.32. The molecule has 1 aliphatic rings. The SMILES string of the molecule is CCCCCC(C)(C)N(C)C1CC1. The summed E-state index contributed by atoms with van der Waals surface area (Å²) < 4.78 is 0. The molecule has 0 unspecified atom stereocenters. The predicted molar refractivity (Wildman–Crippen MR) is 59.0 cm³/mol. The first-order valence-corrected chi connectivity index (χ1v) is 5.81. The van der Waals surface area contributed by atoms with E-state index in [4.69, 9.17) is 0 Å². The van der Waals surface area contributed by atoms with E-state index in [1.807, 2.05) is 0 Å². The Morgan fingerprint density at radius 3 is 2.31 bits per heavy atom. The van der Waals surface area contributed by atoms with Gasteiger partial charge in [-0.25, -0.2) is 0 Å². The summed E-state index contributed by atoms with van der Waals surface area (Å²) >= 11 is 0. The lowest BCUT2D eigenvalue weighted by Crippen LogP contribution is -2.42. The van der Waals surface area contributed by atoms with Crippen LogP contribution < -0.4 is 0 Å². The van der Waals surface area contributed by atoms with Crippen molar-refractivity contribution >= 4 is 0 Å². The van der Waals surface area contributed by atoms with Crippen LogP contribution in [0.25, 0.3) is 0 Å². The van der Waals surface area contributed by atoms with E-state index in [1.54, 1.807) is 0 Å². The van der Waals surface area contributed by atoms with Gasteiger partial charge in [-0.1, -0.05) is 26.2 Å². The van der Waals surface area contributed by atoms with E-state index in [0.717, 1.165) is 6.04 Å². The van der Waals surface area contributed by atoms with Gasteiger partial charge in [0, 0.05) is 11.6 Å². The van der Waals surface area contributed by atoms with Crippen molar-refractivity contribution in [1.29, 1.82) is 0 Å². The average Bonchev–Trinajstić information content (AvgIpc) is 2.86. The third-order valence-corrected chi connectivity index (χ3v) is 3.44. The molecule has 0 saturated heterocycles. The second-order valence-electron chi connectivity index (χ2n) is 5.11. The third-order valence-electron chi connectivity index (χ3n) is 3.44. The molecule has 1 fully saturated rings. The topological polar surface area (TPSA) is 3.24 Å². The number of rotatable bonds is 6. The molecule has 0 heterocycles. The van der Waals surface area contributed by atoms with Crippen molar-refractivity contribution in [2.24, 2.45) is 0 Å². The second-order valence-corrected chi connectivity index (χ2v) is 5.11. The molecule has 1 saturated carbocycles. The minimum Gasteiger partial charge on any atom is -0.298 e. The molecule has 0 aromatic carbocycles. The molecule has 0 atom stereocenters. The zero-order chi connectivity index (χ0) is 9.90. The molecule has 1 nitrogen and oxygen atoms in total. The molecule has 78 valence electrons. The summed E-state index contributed by atoms with van der Waals surface area (Å²) in [7, 11) is 2.30. The highest BCUT2D eigenvalue weighted by atomic mass is 15.2. The lowest BCUT2D eigenvalue weighted by Gasteiger charge is -2.36. The Labute approximate surface area is 83.5 Å². The molecular formula is C12H25N. The molecule has 0 bridgehead atoms. The maximum absolute atomic E-state index is 2.59. The molecular weight excluding hydrogens is 158 g/mol. The summed E-state index contributed by atoms with van der Waals surface area (Å²) in [5.41, 5.74) is 0.427. The minimum absolute atomic E-state index is 0.427. The van der Waals surface area contributed by atoms with Gasteiger partial charge in [-0.2, -0.15) is 0 Å². The molecule has 0 amide bonds. The zero-order valence-electron chi connectivity index (χ0n) is 9.77. The van der Waals surface area contributed by atoms with E-state index in [1.165, 1.54) is 38.5 Å². The quantitative estimate of drug-likeness (QED) is 0.570. The Bertz CT molecular complexity index is 147. The molecule has 0 aromatic heterocycles. The van der Waals surface area contributed by atoms with Crippen LogP contribution in [0.1, 0.15) is 59.3 Å². The normalized spacial score (nSPS) is 18.2. The lowest BCUT2D eigenvalue weighted by molar-refractivity contribution is 0.133. The predicted octanol–water partition coefficient (Wildman–Crippen LogP) is 3.44. The minimum atomic E-state index is 0.427. The van der Waals surface area contributed by atoms with Crippen LogP contribution in [-0.2, 0) is 0 Å². The third kappa shape index (κ3) is 3.30. The molecule has 0 aliphatic heterocycles. The smallest absolute Gasteiger partial charge is 0.0153 e. The van der Waals surface area contributed by atoms with Crippen LogP contribution in [0.2, 0.25) is 0 Å². The van der Waals surface area contributed by atoms with Crippen LogP contribution in [0.5, 0.6) is 0 Å². The second kappa shape index (κ2) is 4.45. The molecule has 0 radical (unpaired) electrons. The Balaban J connectivity index is 2.25. The van der Waals surface area contributed by atoms with Gasteiger partial charge in [0.15, 0.2) is 0 Å². The number of hydrogen-bond acceptors (Lipinski definition) is 1. The Kier molecular flexibility index (Phi) is 3.78. The van der Waals surface area contributed by atoms with Crippen LogP contribution >= 0.6 is 0 Å². The van der Waals surface area contributed by atoms with Crippen molar-refractivity contribution in [2.45, 2.75) is 70.9 Å². The first-order valence-electron chi connectivity index (χ1n) is 5.81. The van der Waals surface area contributed by atoms with Crippen LogP contribution in [-0.4, -0.2) is 23.5 Å². The standard InChI is InChI=1S/C12H25N/c1-5-6-7-10-12(2,3)13(4)11-8-9-11/h11H,5-10H2,1-4H3. The number of hydrogen-bond donors (Lipinski definition) is 0. The largest absolute Gasteiger partial charge is 0.298 e. The van der Waals surface area contributed by atoms with E-state index in [0.29, 0.717) is 5.54 Å². The van der Waals surface area contributed by atoms with Gasteiger partial charge >= 0.3 is 0 Å². The van der Waals surface area contributed by atoms with Crippen LogP contribution in [0.3, 0.4) is 0 Å². The van der Waals surface area contributed by atoms with E-state index in [-0.39, 0.29) is 0 Å². The van der Waals surface area contributed by atoms with E-state index in [9.17, 15) is 0 Å². The van der Waals surface area contributed by atoms with Gasteiger partial charge in [0.1, 0.15) is 0 Å². The molecule has 1 heteroatoms. The Morgan fingerprint density at radius 1 is 1.23 bits per heavy atom. The highest BCUT2D eigenvalue weighted by Crippen LogP contribution is 2.33. The molecule has 0 spiro atoms. The first kappa shape index (κ1) is 11.0. The summed E-state index contributed by atoms with van der Waals surface area (Å²) in [6.45, 7) is 7.06. The summed E-state index contributed by atoms with van der Waals surface area (Å²) in [6, 6.07) is 0.900. The fraction of sp³-hybridized carbons (Fsp3) is 1.00. The molecule has 0 aromatic rings. The number of nitrogens with zero attached hydrogens (tertiary/aromatic N) is 1. The van der Waals surface area contributed by atoms with Crippen molar-refractivity contribution in [1.82, 2.24) is 4.90 Å². The highest BCUT2D eigenvalue weighted by Gasteiger charge is 2.34. The molecule has 13 heavy (non-hydrogen) atoms. The first-order chi connectivity index (χ1) is 6.08. The van der Waals surface area contributed by atoms with Crippen LogP contribution in [0, 0.1) is 0 Å². The van der Waals surface area contributed by atoms with Gasteiger partial charge in [-0.05, 0) is 40.2 Å². The van der Waals surface area contributed by atoms with Crippen molar-refractivity contribution in [2.75, 3.05) is 7.05 Å². The van der Waals surface area contributed by atoms with E-state index in [2.05, 4.69) is 32.7 Å². The van der Waals surface area contributed by atoms with Gasteiger partial charge < -0.3 is 0 Å².